The molecule has 0 bridgehead atoms. The van der Waals surface area contributed by atoms with Crippen molar-refractivity contribution in [3.05, 3.63) is 29.8 Å². The second-order valence-electron chi connectivity index (χ2n) is 15.0. The number of aromatic hydroxyl groups is 1. The molecule has 0 aliphatic heterocycles. The van der Waals surface area contributed by atoms with Crippen molar-refractivity contribution in [2.45, 2.75) is 131 Å². The minimum Gasteiger partial charge on any atom is -0.508 e. The zero-order chi connectivity index (χ0) is 27.7. The number of benzene rings is 1. The van der Waals surface area contributed by atoms with Crippen molar-refractivity contribution < 1.29 is 10.2 Å². The molecular weight excluding hydrogens is 466 g/mol. The van der Waals surface area contributed by atoms with E-state index in [1.54, 1.807) is 6.07 Å². The first-order valence-corrected chi connectivity index (χ1v) is 16.2. The number of phenolic OH excluding ortho intramolecular Hbond substituents is 1. The molecule has 3 nitrogen and oxygen atoms in total. The van der Waals surface area contributed by atoms with Crippen LogP contribution < -0.4 is 5.73 Å². The van der Waals surface area contributed by atoms with Crippen molar-refractivity contribution in [3.63, 3.8) is 0 Å². The van der Waals surface area contributed by atoms with E-state index in [4.69, 9.17) is 10.8 Å². The summed E-state index contributed by atoms with van der Waals surface area (Å²) in [5, 5.41) is 19.4. The lowest BCUT2D eigenvalue weighted by Gasteiger charge is -2.65. The molecule has 4 aliphatic carbocycles. The van der Waals surface area contributed by atoms with Crippen LogP contribution in [-0.2, 0) is 0 Å². The van der Waals surface area contributed by atoms with Gasteiger partial charge in [-0.15, -0.1) is 0 Å². The highest BCUT2D eigenvalue weighted by Crippen LogP contribution is 2.67. The topological polar surface area (TPSA) is 66.5 Å². The number of hydrogen-bond donors (Lipinski definition) is 3. The molecule has 4 aliphatic rings. The predicted molar refractivity (Wildman–Crippen MR) is 160 cm³/mol. The van der Waals surface area contributed by atoms with Gasteiger partial charge in [0.25, 0.3) is 0 Å². The summed E-state index contributed by atoms with van der Waals surface area (Å²) in [7, 11) is 0. The van der Waals surface area contributed by atoms with E-state index < -0.39 is 0 Å². The van der Waals surface area contributed by atoms with Gasteiger partial charge in [-0.1, -0.05) is 78.5 Å². The Labute approximate surface area is 234 Å². The van der Waals surface area contributed by atoms with Crippen LogP contribution in [0.25, 0.3) is 0 Å². The summed E-state index contributed by atoms with van der Waals surface area (Å²) < 4.78 is 0. The fourth-order valence-corrected chi connectivity index (χ4v) is 10.1. The Hall–Kier alpha value is -1.06. The second-order valence-corrected chi connectivity index (χ2v) is 15.0. The number of rotatable bonds is 5. The van der Waals surface area contributed by atoms with Crippen molar-refractivity contribution >= 4 is 0 Å². The molecule has 0 heterocycles. The average molecular weight is 526 g/mol. The van der Waals surface area contributed by atoms with E-state index in [1.165, 1.54) is 64.2 Å². The van der Waals surface area contributed by atoms with Gasteiger partial charge in [0.15, 0.2) is 0 Å². The number of aryl methyl sites for hydroxylation is 1. The molecule has 3 heteroatoms. The van der Waals surface area contributed by atoms with E-state index in [0.29, 0.717) is 22.5 Å². The smallest absolute Gasteiger partial charge is 0.118 e. The SMILES string of the molecule is CC(C)CCCC(C)C1CCCC2C3CCC4CC(O)C(N)CC4(C)C3CCC12C.Cc1ccccc1O. The first kappa shape index (κ1) is 29.9. The quantitative estimate of drug-likeness (QED) is 0.361. The Kier molecular flexibility index (Phi) is 9.61. The third-order valence-corrected chi connectivity index (χ3v) is 12.3. The van der Waals surface area contributed by atoms with Crippen LogP contribution in [0.3, 0.4) is 0 Å². The van der Waals surface area contributed by atoms with E-state index in [2.05, 4.69) is 34.6 Å². The summed E-state index contributed by atoms with van der Waals surface area (Å²) >= 11 is 0. The van der Waals surface area contributed by atoms with E-state index in [0.717, 1.165) is 53.9 Å². The lowest BCUT2D eigenvalue weighted by atomic mass is 9.41. The number of fused-ring (bicyclic) bond motifs is 5. The largest absolute Gasteiger partial charge is 0.508 e. The van der Waals surface area contributed by atoms with Crippen LogP contribution in [0.15, 0.2) is 24.3 Å². The van der Waals surface area contributed by atoms with Gasteiger partial charge < -0.3 is 15.9 Å². The van der Waals surface area contributed by atoms with Gasteiger partial charge in [-0.25, -0.2) is 0 Å². The molecule has 0 saturated heterocycles. The van der Waals surface area contributed by atoms with Crippen LogP contribution in [0.5, 0.6) is 5.75 Å². The number of aliphatic hydroxyl groups excluding tert-OH is 1. The molecule has 0 aromatic heterocycles. The van der Waals surface area contributed by atoms with Crippen LogP contribution in [0.1, 0.15) is 117 Å². The molecule has 10 unspecified atom stereocenters. The standard InChI is InChI=1S/C28H51NO.C7H8O/c1-18(2)8-6-9-19(3)22-10-7-11-23-21-13-12-20-16-26(30)25(29)17-28(20,5)24(21)14-15-27(22,23)4;1-6-4-2-3-5-7(6)8/h18-26,30H,6-17,29H2,1-5H3;2-5,8H,1H3. The minimum absolute atomic E-state index is 0.00149. The molecule has 4 N–H and O–H groups in total. The van der Waals surface area contributed by atoms with Gasteiger partial charge in [0.1, 0.15) is 5.75 Å². The van der Waals surface area contributed by atoms with E-state index in [9.17, 15) is 5.11 Å². The number of aliphatic hydroxyl groups is 1. The van der Waals surface area contributed by atoms with Crippen LogP contribution in [0, 0.1) is 59.2 Å². The van der Waals surface area contributed by atoms with Crippen LogP contribution >= 0.6 is 0 Å². The lowest BCUT2D eigenvalue weighted by Crippen LogP contribution is -2.60. The maximum atomic E-state index is 10.4. The Morgan fingerprint density at radius 2 is 1.66 bits per heavy atom. The summed E-state index contributed by atoms with van der Waals surface area (Å²) in [5.41, 5.74) is 8.29. The highest BCUT2D eigenvalue weighted by atomic mass is 16.3. The number of nitrogens with two attached hydrogens (primary N) is 1. The number of hydrogen-bond acceptors (Lipinski definition) is 3. The van der Waals surface area contributed by atoms with Gasteiger partial charge in [-0.2, -0.15) is 0 Å². The third-order valence-electron chi connectivity index (χ3n) is 12.3. The Morgan fingerprint density at radius 1 is 0.947 bits per heavy atom. The van der Waals surface area contributed by atoms with Gasteiger partial charge in [-0.3, -0.25) is 0 Å². The van der Waals surface area contributed by atoms with Crippen molar-refractivity contribution in [2.24, 2.45) is 58.0 Å². The fourth-order valence-electron chi connectivity index (χ4n) is 10.1. The highest BCUT2D eigenvalue weighted by molar-refractivity contribution is 5.29. The highest BCUT2D eigenvalue weighted by Gasteiger charge is 2.60. The van der Waals surface area contributed by atoms with Gasteiger partial charge in [-0.05, 0) is 122 Å². The lowest BCUT2D eigenvalue weighted by molar-refractivity contribution is -0.160. The van der Waals surface area contributed by atoms with Gasteiger partial charge in [0, 0.05) is 6.04 Å². The van der Waals surface area contributed by atoms with Crippen LogP contribution in [0.4, 0.5) is 0 Å². The molecule has 38 heavy (non-hydrogen) atoms. The predicted octanol–water partition coefficient (Wildman–Crippen LogP) is 8.50. The molecule has 4 fully saturated rings. The zero-order valence-corrected chi connectivity index (χ0v) is 25.5. The summed E-state index contributed by atoms with van der Waals surface area (Å²) in [4.78, 5) is 0. The summed E-state index contributed by atoms with van der Waals surface area (Å²) in [6.45, 7) is 14.5. The Morgan fingerprint density at radius 3 is 2.32 bits per heavy atom. The molecular formula is C35H59NO2. The number of phenols is 1. The van der Waals surface area contributed by atoms with Crippen molar-refractivity contribution in [3.8, 4) is 5.75 Å². The van der Waals surface area contributed by atoms with Gasteiger partial charge in [0.2, 0.25) is 0 Å². The van der Waals surface area contributed by atoms with E-state index in [-0.39, 0.29) is 12.1 Å². The van der Waals surface area contributed by atoms with Crippen LogP contribution in [-0.4, -0.2) is 22.4 Å². The van der Waals surface area contributed by atoms with Crippen molar-refractivity contribution in [2.75, 3.05) is 0 Å². The maximum absolute atomic E-state index is 10.4. The molecule has 1 aromatic carbocycles. The molecule has 1 aromatic rings. The maximum Gasteiger partial charge on any atom is 0.118 e. The molecule has 216 valence electrons. The second kappa shape index (κ2) is 12.2. The van der Waals surface area contributed by atoms with Crippen molar-refractivity contribution in [1.82, 2.24) is 0 Å². The first-order chi connectivity index (χ1) is 18.0. The molecule has 0 radical (unpaired) electrons. The fraction of sp³-hybridized carbons (Fsp3) is 0.829. The molecule has 0 spiro atoms. The van der Waals surface area contributed by atoms with Gasteiger partial charge >= 0.3 is 0 Å². The zero-order valence-electron chi connectivity index (χ0n) is 25.5. The monoisotopic (exact) mass is 525 g/mol. The molecule has 10 atom stereocenters. The molecule has 5 rings (SSSR count). The molecule has 0 amide bonds. The summed E-state index contributed by atoms with van der Waals surface area (Å²) in [6, 6.07) is 7.25. The van der Waals surface area contributed by atoms with E-state index >= 15 is 0 Å². The summed E-state index contributed by atoms with van der Waals surface area (Å²) in [5.74, 6) is 6.44. The molecule has 4 saturated carbocycles. The van der Waals surface area contributed by atoms with Crippen molar-refractivity contribution in [1.29, 1.82) is 0 Å². The normalized spacial score (nSPS) is 41.2. The van der Waals surface area contributed by atoms with Crippen LogP contribution in [0.2, 0.25) is 0 Å². The van der Waals surface area contributed by atoms with E-state index in [1.807, 2.05) is 25.1 Å². The minimum atomic E-state index is -0.265. The first-order valence-electron chi connectivity index (χ1n) is 16.2. The number of para-hydroxylation sites is 1. The average Bonchev–Trinajstić information content (AvgIpc) is 2.86. The Bertz CT molecular complexity index is 879. The summed E-state index contributed by atoms with van der Waals surface area (Å²) in [6.07, 6.45) is 16.0. The van der Waals surface area contributed by atoms with Gasteiger partial charge in [0.05, 0.1) is 6.10 Å². The Balaban J connectivity index is 0.000000360. The third kappa shape index (κ3) is 5.99.